The number of amides is 2. The van der Waals surface area contributed by atoms with E-state index >= 15 is 0 Å². The molecule has 0 aromatic rings. The summed E-state index contributed by atoms with van der Waals surface area (Å²) in [6, 6.07) is 0. The van der Waals surface area contributed by atoms with Crippen LogP contribution >= 0.6 is 0 Å². The molecule has 0 saturated carbocycles. The standard InChI is InChI=1S/C14H26N4O2/c1-16(2)13(19)11-17-6-8-18(9-7-17)14(20)12-4-3-5-15-10-12/h12,15H,3-11H2,1-2H3. The van der Waals surface area contributed by atoms with E-state index in [2.05, 4.69) is 10.2 Å². The number of hydrogen-bond acceptors (Lipinski definition) is 4. The molecule has 2 saturated heterocycles. The lowest BCUT2D eigenvalue weighted by molar-refractivity contribution is -0.138. The van der Waals surface area contributed by atoms with Crippen LogP contribution in [0.2, 0.25) is 0 Å². The molecule has 1 unspecified atom stereocenters. The number of nitrogens with one attached hydrogen (secondary N) is 1. The summed E-state index contributed by atoms with van der Waals surface area (Å²) in [5.74, 6) is 0.566. The van der Waals surface area contributed by atoms with Crippen LogP contribution in [0.15, 0.2) is 0 Å². The molecular formula is C14H26N4O2. The van der Waals surface area contributed by atoms with Crippen molar-refractivity contribution in [2.45, 2.75) is 12.8 Å². The van der Waals surface area contributed by atoms with Crippen molar-refractivity contribution in [2.24, 2.45) is 5.92 Å². The van der Waals surface area contributed by atoms with Crippen LogP contribution in [0.25, 0.3) is 0 Å². The Bertz CT molecular complexity index is 345. The third kappa shape index (κ3) is 3.93. The largest absolute Gasteiger partial charge is 0.348 e. The molecule has 0 bridgehead atoms. The first kappa shape index (κ1) is 15.3. The van der Waals surface area contributed by atoms with Crippen molar-refractivity contribution in [3.63, 3.8) is 0 Å². The molecule has 6 nitrogen and oxygen atoms in total. The van der Waals surface area contributed by atoms with Gasteiger partial charge in [-0.3, -0.25) is 14.5 Å². The molecule has 2 fully saturated rings. The Hall–Kier alpha value is -1.14. The summed E-state index contributed by atoms with van der Waals surface area (Å²) in [6.07, 6.45) is 2.10. The van der Waals surface area contributed by atoms with E-state index in [9.17, 15) is 9.59 Å². The molecule has 1 atom stereocenters. The molecule has 2 aliphatic rings. The van der Waals surface area contributed by atoms with Gasteiger partial charge in [0.15, 0.2) is 0 Å². The minimum atomic E-state index is 0.126. The zero-order valence-electron chi connectivity index (χ0n) is 12.6. The molecule has 0 spiro atoms. The average Bonchev–Trinajstić information content (AvgIpc) is 2.48. The fraction of sp³-hybridized carbons (Fsp3) is 0.857. The highest BCUT2D eigenvalue weighted by atomic mass is 16.2. The molecule has 20 heavy (non-hydrogen) atoms. The van der Waals surface area contributed by atoms with E-state index in [4.69, 9.17) is 0 Å². The maximum Gasteiger partial charge on any atom is 0.236 e. The molecular weight excluding hydrogens is 256 g/mol. The zero-order valence-corrected chi connectivity index (χ0v) is 12.6. The van der Waals surface area contributed by atoms with Gasteiger partial charge in [0.1, 0.15) is 0 Å². The van der Waals surface area contributed by atoms with Crippen LogP contribution in [0.1, 0.15) is 12.8 Å². The quantitative estimate of drug-likeness (QED) is 0.738. The van der Waals surface area contributed by atoms with Crippen LogP contribution in [0.4, 0.5) is 0 Å². The van der Waals surface area contributed by atoms with Crippen molar-refractivity contribution >= 4 is 11.8 Å². The number of carbonyl (C=O) groups is 2. The Morgan fingerprint density at radius 2 is 1.90 bits per heavy atom. The van der Waals surface area contributed by atoms with E-state index in [0.717, 1.165) is 52.1 Å². The summed E-state index contributed by atoms with van der Waals surface area (Å²) in [5, 5.41) is 3.29. The molecule has 114 valence electrons. The summed E-state index contributed by atoms with van der Waals surface area (Å²) in [6.45, 7) is 5.39. The highest BCUT2D eigenvalue weighted by molar-refractivity contribution is 5.79. The molecule has 0 aromatic heterocycles. The molecule has 6 heteroatoms. The van der Waals surface area contributed by atoms with Gasteiger partial charge in [0, 0.05) is 46.8 Å². The molecule has 2 aliphatic heterocycles. The van der Waals surface area contributed by atoms with E-state index in [1.807, 2.05) is 4.90 Å². The first-order valence-electron chi connectivity index (χ1n) is 7.50. The van der Waals surface area contributed by atoms with Crippen molar-refractivity contribution in [1.82, 2.24) is 20.0 Å². The van der Waals surface area contributed by atoms with Crippen LogP contribution in [0.3, 0.4) is 0 Å². The SMILES string of the molecule is CN(C)C(=O)CN1CCN(C(=O)C2CCCNC2)CC1. The number of hydrogen-bond donors (Lipinski definition) is 1. The second kappa shape index (κ2) is 7.04. The number of piperidine rings is 1. The van der Waals surface area contributed by atoms with Crippen LogP contribution in [0.5, 0.6) is 0 Å². The number of nitrogens with zero attached hydrogens (tertiary/aromatic N) is 3. The van der Waals surface area contributed by atoms with Crippen LogP contribution in [-0.4, -0.2) is 86.4 Å². The monoisotopic (exact) mass is 282 g/mol. The highest BCUT2D eigenvalue weighted by Crippen LogP contribution is 2.15. The van der Waals surface area contributed by atoms with Crippen LogP contribution in [0, 0.1) is 5.92 Å². The Morgan fingerprint density at radius 3 is 2.45 bits per heavy atom. The lowest BCUT2D eigenvalue weighted by Crippen LogP contribution is -2.53. The van der Waals surface area contributed by atoms with E-state index in [0.29, 0.717) is 6.54 Å². The second-order valence-electron chi connectivity index (χ2n) is 5.93. The number of rotatable bonds is 3. The normalized spacial score (nSPS) is 24.5. The van der Waals surface area contributed by atoms with E-state index < -0.39 is 0 Å². The fourth-order valence-electron chi connectivity index (χ4n) is 2.78. The summed E-state index contributed by atoms with van der Waals surface area (Å²) in [5.41, 5.74) is 0. The van der Waals surface area contributed by atoms with Gasteiger partial charge in [-0.15, -0.1) is 0 Å². The third-order valence-corrected chi connectivity index (χ3v) is 4.19. The lowest BCUT2D eigenvalue weighted by atomic mass is 9.98. The molecule has 0 aliphatic carbocycles. The molecule has 2 heterocycles. The predicted octanol–water partition coefficient (Wildman–Crippen LogP) is -0.782. The lowest BCUT2D eigenvalue weighted by Gasteiger charge is -2.37. The zero-order chi connectivity index (χ0) is 14.5. The Labute approximate surface area is 121 Å². The second-order valence-corrected chi connectivity index (χ2v) is 5.93. The van der Waals surface area contributed by atoms with Gasteiger partial charge in [0.05, 0.1) is 12.5 Å². The summed E-state index contributed by atoms with van der Waals surface area (Å²) in [7, 11) is 3.55. The van der Waals surface area contributed by atoms with E-state index in [1.165, 1.54) is 0 Å². The predicted molar refractivity (Wildman–Crippen MR) is 77.3 cm³/mol. The maximum absolute atomic E-state index is 12.4. The van der Waals surface area contributed by atoms with Crippen molar-refractivity contribution in [3.8, 4) is 0 Å². The van der Waals surface area contributed by atoms with Gasteiger partial charge >= 0.3 is 0 Å². The van der Waals surface area contributed by atoms with Crippen LogP contribution < -0.4 is 5.32 Å². The van der Waals surface area contributed by atoms with Gasteiger partial charge in [-0.25, -0.2) is 0 Å². The van der Waals surface area contributed by atoms with E-state index in [-0.39, 0.29) is 17.7 Å². The number of likely N-dealkylation sites (N-methyl/N-ethyl adjacent to an activating group) is 1. The Balaban J connectivity index is 1.76. The average molecular weight is 282 g/mol. The van der Waals surface area contributed by atoms with Crippen molar-refractivity contribution in [3.05, 3.63) is 0 Å². The minimum absolute atomic E-state index is 0.126. The highest BCUT2D eigenvalue weighted by Gasteiger charge is 2.28. The molecule has 2 amide bonds. The molecule has 1 N–H and O–H groups in total. The summed E-state index contributed by atoms with van der Waals surface area (Å²) >= 11 is 0. The van der Waals surface area contributed by atoms with Gasteiger partial charge in [-0.2, -0.15) is 0 Å². The Kier molecular flexibility index (Phi) is 5.37. The summed E-state index contributed by atoms with van der Waals surface area (Å²) < 4.78 is 0. The maximum atomic E-state index is 12.4. The first-order valence-corrected chi connectivity index (χ1v) is 7.50. The number of carbonyl (C=O) groups excluding carboxylic acids is 2. The fourth-order valence-corrected chi connectivity index (χ4v) is 2.78. The van der Waals surface area contributed by atoms with Gasteiger partial charge < -0.3 is 15.1 Å². The molecule has 0 radical (unpaired) electrons. The van der Waals surface area contributed by atoms with Gasteiger partial charge in [0.25, 0.3) is 0 Å². The smallest absolute Gasteiger partial charge is 0.236 e. The molecule has 0 aromatic carbocycles. The summed E-state index contributed by atoms with van der Waals surface area (Å²) in [4.78, 5) is 29.8. The third-order valence-electron chi connectivity index (χ3n) is 4.19. The van der Waals surface area contributed by atoms with Crippen molar-refractivity contribution in [2.75, 3.05) is 59.9 Å². The minimum Gasteiger partial charge on any atom is -0.348 e. The topological polar surface area (TPSA) is 55.9 Å². The van der Waals surface area contributed by atoms with Crippen LogP contribution in [-0.2, 0) is 9.59 Å². The van der Waals surface area contributed by atoms with Gasteiger partial charge in [-0.1, -0.05) is 0 Å². The van der Waals surface area contributed by atoms with E-state index in [1.54, 1.807) is 19.0 Å². The first-order chi connectivity index (χ1) is 9.58. The Morgan fingerprint density at radius 1 is 1.20 bits per heavy atom. The van der Waals surface area contributed by atoms with Gasteiger partial charge in [-0.05, 0) is 19.4 Å². The number of piperazine rings is 1. The van der Waals surface area contributed by atoms with Crippen molar-refractivity contribution in [1.29, 1.82) is 0 Å². The van der Waals surface area contributed by atoms with Gasteiger partial charge in [0.2, 0.25) is 11.8 Å². The molecule has 2 rings (SSSR count). The van der Waals surface area contributed by atoms with Crippen molar-refractivity contribution < 1.29 is 9.59 Å².